The minimum atomic E-state index is -4.69. The molecule has 24 heavy (non-hydrogen) atoms. The fourth-order valence-corrected chi connectivity index (χ4v) is 3.01. The van der Waals surface area contributed by atoms with Gasteiger partial charge in [0.15, 0.2) is 8.32 Å². The molecule has 0 saturated carbocycles. The van der Waals surface area contributed by atoms with Crippen molar-refractivity contribution in [3.8, 4) is 11.5 Å². The first-order valence-corrected chi connectivity index (χ1v) is 12.0. The summed E-state index contributed by atoms with van der Waals surface area (Å²) in [6.45, 7) is 11.3. The van der Waals surface area contributed by atoms with Gasteiger partial charge in [0.25, 0.3) is 0 Å². The van der Waals surface area contributed by atoms with Crippen molar-refractivity contribution in [2.75, 3.05) is 11.0 Å². The molecule has 0 saturated heterocycles. The van der Waals surface area contributed by atoms with Crippen LogP contribution in [0.25, 0.3) is 0 Å². The topological polar surface area (TPSA) is 27.7 Å². The van der Waals surface area contributed by atoms with Crippen LogP contribution in [0, 0.1) is 0 Å². The molecule has 0 aliphatic heterocycles. The lowest BCUT2D eigenvalue weighted by Gasteiger charge is -2.37. The highest BCUT2D eigenvalue weighted by atomic mass is 127. The second-order valence-electron chi connectivity index (χ2n) is 6.98. The summed E-state index contributed by atoms with van der Waals surface area (Å²) in [4.78, 5) is 0. The summed E-state index contributed by atoms with van der Waals surface area (Å²) in [6, 6.07) is 5.41. The van der Waals surface area contributed by atoms with Gasteiger partial charge in [-0.2, -0.15) is 0 Å². The van der Waals surface area contributed by atoms with Crippen LogP contribution in [0.5, 0.6) is 11.5 Å². The highest BCUT2D eigenvalue weighted by Crippen LogP contribution is 2.36. The molecule has 8 heteroatoms. The molecule has 0 bridgehead atoms. The molecule has 0 N–H and O–H groups in total. The molecule has 1 unspecified atom stereocenters. The lowest BCUT2D eigenvalue weighted by Crippen LogP contribution is -2.43. The van der Waals surface area contributed by atoms with Crippen LogP contribution in [0.3, 0.4) is 0 Å². The van der Waals surface area contributed by atoms with E-state index in [9.17, 15) is 13.2 Å². The Morgan fingerprint density at radius 1 is 1.04 bits per heavy atom. The molecule has 0 spiro atoms. The summed E-state index contributed by atoms with van der Waals surface area (Å²) in [6.07, 6.45) is -4.85. The van der Waals surface area contributed by atoms with Gasteiger partial charge in [-0.25, -0.2) is 0 Å². The zero-order valence-corrected chi connectivity index (χ0v) is 17.7. The number of ether oxygens (including phenoxy) is 2. The Balaban J connectivity index is 2.63. The van der Waals surface area contributed by atoms with Crippen molar-refractivity contribution in [2.24, 2.45) is 0 Å². The first kappa shape index (κ1) is 21.6. The summed E-state index contributed by atoms with van der Waals surface area (Å²) in [5, 5.41) is 0.111. The fourth-order valence-electron chi connectivity index (χ4n) is 1.54. The maximum atomic E-state index is 12.1. The maximum absolute atomic E-state index is 12.1. The second kappa shape index (κ2) is 8.26. The van der Waals surface area contributed by atoms with E-state index in [4.69, 9.17) is 9.16 Å². The number of rotatable bonds is 7. The number of benzene rings is 1. The molecule has 0 amide bonds. The summed E-state index contributed by atoms with van der Waals surface area (Å²) >= 11 is 2.21. The van der Waals surface area contributed by atoms with Gasteiger partial charge in [-0.1, -0.05) is 43.4 Å². The second-order valence-corrected chi connectivity index (χ2v) is 12.7. The molecule has 1 aromatic rings. The van der Waals surface area contributed by atoms with E-state index in [1.807, 2.05) is 0 Å². The van der Waals surface area contributed by atoms with Gasteiger partial charge in [0.05, 0.1) is 6.61 Å². The van der Waals surface area contributed by atoms with Crippen molar-refractivity contribution in [2.45, 2.75) is 51.4 Å². The third-order valence-electron chi connectivity index (χ3n) is 3.97. The number of halogens is 4. The summed E-state index contributed by atoms with van der Waals surface area (Å²) in [7, 11) is -1.87. The SMILES string of the molecule is CC(C)(C)[Si](C)(C)OCC(CI)Oc1ccc(OC(F)(F)F)cc1. The Morgan fingerprint density at radius 3 is 1.96 bits per heavy atom. The van der Waals surface area contributed by atoms with Crippen LogP contribution in [0.2, 0.25) is 18.1 Å². The van der Waals surface area contributed by atoms with Crippen LogP contribution in [0.4, 0.5) is 13.2 Å². The van der Waals surface area contributed by atoms with Crippen molar-refractivity contribution in [1.29, 1.82) is 0 Å². The average Bonchev–Trinajstić information content (AvgIpc) is 2.42. The van der Waals surface area contributed by atoms with Gasteiger partial charge >= 0.3 is 6.36 Å². The van der Waals surface area contributed by atoms with Gasteiger partial charge in [0, 0.05) is 4.43 Å². The largest absolute Gasteiger partial charge is 0.573 e. The molecule has 1 aromatic carbocycles. The van der Waals surface area contributed by atoms with E-state index in [1.165, 1.54) is 24.3 Å². The molecule has 0 aliphatic rings. The van der Waals surface area contributed by atoms with Gasteiger partial charge in [-0.3, -0.25) is 0 Å². The summed E-state index contributed by atoms with van der Waals surface area (Å²) in [5.41, 5.74) is 0. The van der Waals surface area contributed by atoms with Crippen molar-refractivity contribution in [3.63, 3.8) is 0 Å². The van der Waals surface area contributed by atoms with Crippen LogP contribution < -0.4 is 9.47 Å². The third kappa shape index (κ3) is 7.18. The molecular formula is C16H24F3IO3Si. The monoisotopic (exact) mass is 476 g/mol. The standard InChI is InChI=1S/C16H24F3IO3Si/c1-15(2,3)24(4,5)21-11-14(10-20)22-12-6-8-13(9-7-12)23-16(17,18)19/h6-9,14H,10-11H2,1-5H3. The first-order valence-electron chi connectivity index (χ1n) is 7.56. The van der Waals surface area contributed by atoms with Crippen LogP contribution in [0.1, 0.15) is 20.8 Å². The molecule has 0 aromatic heterocycles. The van der Waals surface area contributed by atoms with Crippen LogP contribution in [-0.2, 0) is 4.43 Å². The predicted molar refractivity (Wildman–Crippen MR) is 99.6 cm³/mol. The van der Waals surface area contributed by atoms with E-state index in [2.05, 4.69) is 61.2 Å². The van der Waals surface area contributed by atoms with E-state index in [0.29, 0.717) is 16.8 Å². The van der Waals surface area contributed by atoms with Gasteiger partial charge in [-0.05, 0) is 42.4 Å². The van der Waals surface area contributed by atoms with Crippen molar-refractivity contribution in [1.82, 2.24) is 0 Å². The number of hydrogen-bond donors (Lipinski definition) is 0. The van der Waals surface area contributed by atoms with E-state index < -0.39 is 14.7 Å². The van der Waals surface area contributed by atoms with Crippen molar-refractivity contribution >= 4 is 30.9 Å². The number of alkyl halides is 4. The van der Waals surface area contributed by atoms with E-state index in [1.54, 1.807) is 0 Å². The Labute approximate surface area is 156 Å². The summed E-state index contributed by atoms with van der Waals surface area (Å²) in [5.74, 6) is 0.225. The Kier molecular flexibility index (Phi) is 7.42. The average molecular weight is 476 g/mol. The minimum absolute atomic E-state index is 0.111. The lowest BCUT2D eigenvalue weighted by atomic mass is 10.2. The van der Waals surface area contributed by atoms with Crippen LogP contribution in [0.15, 0.2) is 24.3 Å². The zero-order valence-electron chi connectivity index (χ0n) is 14.5. The van der Waals surface area contributed by atoms with Gasteiger partial charge in [0.2, 0.25) is 0 Å². The number of hydrogen-bond acceptors (Lipinski definition) is 3. The lowest BCUT2D eigenvalue weighted by molar-refractivity contribution is -0.274. The van der Waals surface area contributed by atoms with E-state index in [-0.39, 0.29) is 16.9 Å². The smallest absolute Gasteiger partial charge is 0.487 e. The highest BCUT2D eigenvalue weighted by Gasteiger charge is 2.37. The maximum Gasteiger partial charge on any atom is 0.573 e. The van der Waals surface area contributed by atoms with Gasteiger partial charge in [0.1, 0.15) is 17.6 Å². The Hall–Kier alpha value is -0.483. The fraction of sp³-hybridized carbons (Fsp3) is 0.625. The third-order valence-corrected chi connectivity index (χ3v) is 9.45. The Morgan fingerprint density at radius 2 is 1.54 bits per heavy atom. The molecule has 0 radical (unpaired) electrons. The van der Waals surface area contributed by atoms with Gasteiger partial charge in [-0.15, -0.1) is 13.2 Å². The normalized spacial score (nSPS) is 14.4. The quantitative estimate of drug-likeness (QED) is 0.283. The molecule has 0 heterocycles. The van der Waals surface area contributed by atoms with E-state index >= 15 is 0 Å². The molecule has 1 atom stereocenters. The Bertz CT molecular complexity index is 513. The highest BCUT2D eigenvalue weighted by molar-refractivity contribution is 14.1. The molecule has 3 nitrogen and oxygen atoms in total. The zero-order chi connectivity index (χ0) is 18.6. The van der Waals surface area contributed by atoms with Crippen LogP contribution >= 0.6 is 22.6 Å². The molecule has 0 aliphatic carbocycles. The molecule has 138 valence electrons. The molecular weight excluding hydrogens is 452 g/mol. The van der Waals surface area contributed by atoms with Gasteiger partial charge < -0.3 is 13.9 Å². The molecule has 0 fully saturated rings. The van der Waals surface area contributed by atoms with Crippen LogP contribution in [-0.4, -0.2) is 31.8 Å². The molecule has 1 rings (SSSR count). The predicted octanol–water partition coefficient (Wildman–Crippen LogP) is 5.79. The minimum Gasteiger partial charge on any atom is -0.487 e. The van der Waals surface area contributed by atoms with Crippen molar-refractivity contribution in [3.05, 3.63) is 24.3 Å². The summed E-state index contributed by atoms with van der Waals surface area (Å²) < 4.78 is 53.0. The first-order chi connectivity index (χ1) is 10.8. The van der Waals surface area contributed by atoms with E-state index in [0.717, 1.165) is 0 Å². The van der Waals surface area contributed by atoms with Crippen molar-refractivity contribution < 1.29 is 27.1 Å².